The van der Waals surface area contributed by atoms with E-state index in [2.05, 4.69) is 0 Å². The molecule has 0 spiro atoms. The van der Waals surface area contributed by atoms with Gasteiger partial charge in [0.2, 0.25) is 11.8 Å². The number of nitrogens with two attached hydrogens (primary N) is 1. The molecule has 6 heteroatoms. The fourth-order valence-corrected chi connectivity index (χ4v) is 4.30. The minimum absolute atomic E-state index is 0.263. The Labute approximate surface area is 164 Å². The molecule has 4 rings (SSSR count). The molecule has 2 N–H and O–H groups in total. The monoisotopic (exact) mass is 380 g/mol. The largest absolute Gasteiger partial charge is 0.468 e. The zero-order chi connectivity index (χ0) is 19.7. The molecular formula is C22H24N2O4. The van der Waals surface area contributed by atoms with Crippen molar-refractivity contribution in [3.05, 3.63) is 65.7 Å². The van der Waals surface area contributed by atoms with Crippen LogP contribution in [0.4, 0.5) is 0 Å². The molecule has 1 saturated heterocycles. The molecule has 0 aliphatic carbocycles. The van der Waals surface area contributed by atoms with E-state index >= 15 is 0 Å². The summed E-state index contributed by atoms with van der Waals surface area (Å²) in [7, 11) is 0. The van der Waals surface area contributed by atoms with Crippen molar-refractivity contribution in [2.45, 2.75) is 31.6 Å². The summed E-state index contributed by atoms with van der Waals surface area (Å²) in [4.78, 5) is 26.9. The van der Waals surface area contributed by atoms with Crippen LogP contribution in [-0.2, 0) is 20.9 Å². The Balaban J connectivity index is 1.52. The Morgan fingerprint density at radius 2 is 1.93 bits per heavy atom. The maximum Gasteiger partial charge on any atom is 0.238 e. The van der Waals surface area contributed by atoms with Crippen LogP contribution in [0.5, 0.6) is 5.75 Å². The summed E-state index contributed by atoms with van der Waals surface area (Å²) in [6, 6.07) is 17.4. The third-order valence-electron chi connectivity index (χ3n) is 5.63. The quantitative estimate of drug-likeness (QED) is 0.616. The third kappa shape index (κ3) is 3.24. The van der Waals surface area contributed by atoms with Crippen molar-refractivity contribution in [1.29, 1.82) is 0 Å². The zero-order valence-corrected chi connectivity index (χ0v) is 15.8. The van der Waals surface area contributed by atoms with Crippen LogP contribution >= 0.6 is 0 Å². The second-order valence-corrected chi connectivity index (χ2v) is 7.53. The van der Waals surface area contributed by atoms with Gasteiger partial charge in [0.05, 0.1) is 13.2 Å². The van der Waals surface area contributed by atoms with Gasteiger partial charge in [-0.3, -0.25) is 9.59 Å². The van der Waals surface area contributed by atoms with Crippen molar-refractivity contribution in [3.63, 3.8) is 0 Å². The van der Waals surface area contributed by atoms with Crippen LogP contribution in [0.2, 0.25) is 0 Å². The first kappa shape index (κ1) is 18.5. The summed E-state index contributed by atoms with van der Waals surface area (Å²) in [5, 5.41) is 0. The van der Waals surface area contributed by atoms with E-state index in [4.69, 9.17) is 15.2 Å². The summed E-state index contributed by atoms with van der Waals surface area (Å²) in [5.41, 5.74) is 6.75. The number of nitrogens with zero attached hydrogens (tertiary/aromatic N) is 1. The number of hydrogen-bond acceptors (Lipinski definition) is 4. The highest BCUT2D eigenvalue weighted by Crippen LogP contribution is 2.49. The molecule has 3 atom stereocenters. The number of piperidine rings is 1. The molecular weight excluding hydrogens is 356 g/mol. The van der Waals surface area contributed by atoms with Gasteiger partial charge in [-0.25, -0.2) is 0 Å². The highest BCUT2D eigenvalue weighted by Gasteiger charge is 2.55. The number of para-hydroxylation sites is 1. The van der Waals surface area contributed by atoms with Crippen molar-refractivity contribution in [2.75, 3.05) is 13.2 Å². The minimum atomic E-state index is -0.882. The van der Waals surface area contributed by atoms with Crippen LogP contribution in [0.25, 0.3) is 0 Å². The first-order valence-electron chi connectivity index (χ1n) is 9.50. The third-order valence-corrected chi connectivity index (χ3v) is 5.63. The van der Waals surface area contributed by atoms with Gasteiger partial charge in [0.25, 0.3) is 0 Å². The second kappa shape index (κ2) is 7.28. The van der Waals surface area contributed by atoms with Crippen LogP contribution in [0.15, 0.2) is 54.6 Å². The number of likely N-dealkylation sites (tertiary alicyclic amines) is 1. The van der Waals surface area contributed by atoms with E-state index in [0.717, 1.165) is 11.1 Å². The van der Waals surface area contributed by atoms with Crippen molar-refractivity contribution in [3.8, 4) is 5.75 Å². The Kier molecular flexibility index (Phi) is 4.81. The van der Waals surface area contributed by atoms with Gasteiger partial charge in [0.1, 0.15) is 11.7 Å². The number of ether oxygens (including phenoxy) is 2. The van der Waals surface area contributed by atoms with E-state index < -0.39 is 17.6 Å². The molecule has 2 aliphatic rings. The number of carbonyl (C=O) groups is 2. The Hall–Kier alpha value is -2.86. The lowest BCUT2D eigenvalue weighted by Gasteiger charge is -2.52. The van der Waals surface area contributed by atoms with Crippen molar-refractivity contribution in [2.24, 2.45) is 11.7 Å². The normalized spacial score (nSPS) is 25.8. The molecule has 0 saturated carbocycles. The molecule has 2 aromatic carbocycles. The van der Waals surface area contributed by atoms with E-state index in [9.17, 15) is 9.59 Å². The molecule has 2 amide bonds. The van der Waals surface area contributed by atoms with Crippen LogP contribution in [0.3, 0.4) is 0 Å². The Morgan fingerprint density at radius 1 is 1.21 bits per heavy atom. The molecule has 1 fully saturated rings. The van der Waals surface area contributed by atoms with Gasteiger partial charge in [0.15, 0.2) is 5.72 Å². The smallest absolute Gasteiger partial charge is 0.238 e. The lowest BCUT2D eigenvalue weighted by Crippen LogP contribution is -2.65. The Morgan fingerprint density at radius 3 is 2.68 bits per heavy atom. The molecule has 28 heavy (non-hydrogen) atoms. The molecule has 0 radical (unpaired) electrons. The molecule has 0 aromatic heterocycles. The molecule has 146 valence electrons. The SMILES string of the molecule is CC12CC(c3ccccc3O1)C(C(N)=O)C(=O)N2CCOCc1ccccc1. The fourth-order valence-electron chi connectivity index (χ4n) is 4.30. The average Bonchev–Trinajstić information content (AvgIpc) is 2.67. The van der Waals surface area contributed by atoms with Crippen molar-refractivity contribution >= 4 is 11.8 Å². The van der Waals surface area contributed by atoms with E-state index in [0.29, 0.717) is 31.9 Å². The average molecular weight is 380 g/mol. The lowest BCUT2D eigenvalue weighted by atomic mass is 9.73. The molecule has 6 nitrogen and oxygen atoms in total. The summed E-state index contributed by atoms with van der Waals surface area (Å²) in [5.74, 6) is -1.32. The van der Waals surface area contributed by atoms with Gasteiger partial charge in [-0.05, 0) is 24.1 Å². The van der Waals surface area contributed by atoms with E-state index in [1.54, 1.807) is 4.90 Å². The number of rotatable bonds is 6. The van der Waals surface area contributed by atoms with Gasteiger partial charge in [0, 0.05) is 18.9 Å². The lowest BCUT2D eigenvalue weighted by molar-refractivity contribution is -0.177. The molecule has 2 bridgehead atoms. The number of amides is 2. The number of benzene rings is 2. The van der Waals surface area contributed by atoms with E-state index in [-0.39, 0.29) is 11.8 Å². The highest BCUT2D eigenvalue weighted by atomic mass is 16.5. The fraction of sp³-hybridized carbons (Fsp3) is 0.364. The van der Waals surface area contributed by atoms with Gasteiger partial charge >= 0.3 is 0 Å². The summed E-state index contributed by atoms with van der Waals surface area (Å²) in [6.07, 6.45) is 0.530. The number of carbonyl (C=O) groups excluding carboxylic acids is 2. The number of fused-ring (bicyclic) bond motifs is 4. The number of hydrogen-bond donors (Lipinski definition) is 1. The maximum atomic E-state index is 13.1. The van der Waals surface area contributed by atoms with Crippen molar-refractivity contribution < 1.29 is 19.1 Å². The predicted octanol–water partition coefficient (Wildman–Crippen LogP) is 2.43. The molecule has 2 heterocycles. The molecule has 2 aromatic rings. The first-order chi connectivity index (χ1) is 13.5. The molecule has 2 aliphatic heterocycles. The first-order valence-corrected chi connectivity index (χ1v) is 9.50. The van der Waals surface area contributed by atoms with Gasteiger partial charge in [-0.15, -0.1) is 0 Å². The van der Waals surface area contributed by atoms with Crippen LogP contribution in [0.1, 0.15) is 30.4 Å². The molecule has 3 unspecified atom stereocenters. The van der Waals surface area contributed by atoms with Crippen molar-refractivity contribution in [1.82, 2.24) is 4.90 Å². The van der Waals surface area contributed by atoms with Crippen LogP contribution in [-0.4, -0.2) is 35.6 Å². The number of primary amides is 1. The zero-order valence-electron chi connectivity index (χ0n) is 15.8. The maximum absolute atomic E-state index is 13.1. The summed E-state index contributed by atoms with van der Waals surface area (Å²) in [6.45, 7) is 3.03. The predicted molar refractivity (Wildman–Crippen MR) is 103 cm³/mol. The summed E-state index contributed by atoms with van der Waals surface area (Å²) < 4.78 is 12.0. The standard InChI is InChI=1S/C22H24N2O4/c1-22-13-17(16-9-5-6-10-18(16)28-22)19(20(23)25)21(26)24(22)11-12-27-14-15-7-3-2-4-8-15/h2-10,17,19H,11-14H2,1H3,(H2,23,25). The van der Waals surface area contributed by atoms with Crippen LogP contribution < -0.4 is 10.5 Å². The highest BCUT2D eigenvalue weighted by molar-refractivity contribution is 6.01. The second-order valence-electron chi connectivity index (χ2n) is 7.53. The topological polar surface area (TPSA) is 81.9 Å². The van der Waals surface area contributed by atoms with E-state index in [1.807, 2.05) is 61.5 Å². The summed E-state index contributed by atoms with van der Waals surface area (Å²) >= 11 is 0. The van der Waals surface area contributed by atoms with E-state index in [1.165, 1.54) is 0 Å². The van der Waals surface area contributed by atoms with Crippen LogP contribution in [0, 0.1) is 5.92 Å². The van der Waals surface area contributed by atoms with Gasteiger partial charge in [-0.2, -0.15) is 0 Å². The van der Waals surface area contributed by atoms with Gasteiger partial charge < -0.3 is 20.1 Å². The Bertz CT molecular complexity index is 885. The minimum Gasteiger partial charge on any atom is -0.468 e. The van der Waals surface area contributed by atoms with Gasteiger partial charge in [-0.1, -0.05) is 48.5 Å².